The first-order valence-electron chi connectivity index (χ1n) is 6.12. The predicted octanol–water partition coefficient (Wildman–Crippen LogP) is 1.99. The van der Waals surface area contributed by atoms with Crippen molar-refractivity contribution in [3.05, 3.63) is 29.8 Å². The third-order valence-corrected chi connectivity index (χ3v) is 2.76. The van der Waals surface area contributed by atoms with Crippen molar-refractivity contribution in [2.45, 2.75) is 32.5 Å². The van der Waals surface area contributed by atoms with Crippen LogP contribution in [0.3, 0.4) is 0 Å². The number of carbonyl (C=O) groups excluding carboxylic acids is 1. The number of nitrogens with zero attached hydrogens (tertiary/aromatic N) is 1. The highest BCUT2D eigenvalue weighted by Gasteiger charge is 2.19. The molecule has 1 unspecified atom stereocenters. The summed E-state index contributed by atoms with van der Waals surface area (Å²) >= 11 is 0. The highest BCUT2D eigenvalue weighted by Crippen LogP contribution is 2.27. The maximum atomic E-state index is 11.7. The van der Waals surface area contributed by atoms with Gasteiger partial charge in [-0.15, -0.1) is 0 Å². The number of amides is 1. The minimum atomic E-state index is -0.567. The van der Waals surface area contributed by atoms with Crippen molar-refractivity contribution in [2.75, 3.05) is 14.1 Å². The van der Waals surface area contributed by atoms with Crippen LogP contribution in [0.2, 0.25) is 0 Å². The number of ether oxygens (including phenoxy) is 1. The molecule has 2 atom stereocenters. The molecule has 4 heteroatoms. The summed E-state index contributed by atoms with van der Waals surface area (Å²) in [7, 11) is 3.38. The summed E-state index contributed by atoms with van der Waals surface area (Å²) in [4.78, 5) is 13.2. The van der Waals surface area contributed by atoms with E-state index in [1.165, 1.54) is 4.90 Å². The largest absolute Gasteiger partial charge is 0.481 e. The SMILES string of the molecule is CC[C@H](O)c1ccccc1OC(C)C(=O)N(C)C. The average molecular weight is 251 g/mol. The lowest BCUT2D eigenvalue weighted by Crippen LogP contribution is -2.35. The predicted molar refractivity (Wildman–Crippen MR) is 70.5 cm³/mol. The van der Waals surface area contributed by atoms with Gasteiger partial charge in [-0.25, -0.2) is 0 Å². The van der Waals surface area contributed by atoms with Crippen molar-refractivity contribution >= 4 is 5.91 Å². The van der Waals surface area contributed by atoms with Crippen LogP contribution in [0.1, 0.15) is 31.9 Å². The van der Waals surface area contributed by atoms with E-state index >= 15 is 0 Å². The van der Waals surface area contributed by atoms with Crippen LogP contribution in [0.15, 0.2) is 24.3 Å². The molecule has 1 amide bonds. The zero-order valence-corrected chi connectivity index (χ0v) is 11.4. The van der Waals surface area contributed by atoms with Crippen LogP contribution in [-0.2, 0) is 4.79 Å². The van der Waals surface area contributed by atoms with E-state index in [9.17, 15) is 9.90 Å². The summed E-state index contributed by atoms with van der Waals surface area (Å²) in [6, 6.07) is 7.26. The van der Waals surface area contributed by atoms with Crippen LogP contribution in [0.4, 0.5) is 0 Å². The minimum Gasteiger partial charge on any atom is -0.481 e. The first-order chi connectivity index (χ1) is 8.47. The Balaban J connectivity index is 2.87. The van der Waals surface area contributed by atoms with Gasteiger partial charge in [0, 0.05) is 19.7 Å². The van der Waals surface area contributed by atoms with Crippen LogP contribution in [-0.4, -0.2) is 36.1 Å². The second-order valence-corrected chi connectivity index (χ2v) is 4.45. The molecule has 0 aromatic heterocycles. The lowest BCUT2D eigenvalue weighted by Gasteiger charge is -2.21. The smallest absolute Gasteiger partial charge is 0.262 e. The van der Waals surface area contributed by atoms with Crippen LogP contribution in [0.5, 0.6) is 5.75 Å². The van der Waals surface area contributed by atoms with E-state index in [2.05, 4.69) is 0 Å². The van der Waals surface area contributed by atoms with E-state index in [0.717, 1.165) is 5.56 Å². The van der Waals surface area contributed by atoms with Crippen LogP contribution >= 0.6 is 0 Å². The topological polar surface area (TPSA) is 49.8 Å². The van der Waals surface area contributed by atoms with E-state index in [1.807, 2.05) is 25.1 Å². The van der Waals surface area contributed by atoms with Crippen molar-refractivity contribution in [1.82, 2.24) is 4.90 Å². The van der Waals surface area contributed by atoms with Crippen molar-refractivity contribution in [3.63, 3.8) is 0 Å². The molecular formula is C14H21NO3. The van der Waals surface area contributed by atoms with Gasteiger partial charge in [0.2, 0.25) is 0 Å². The van der Waals surface area contributed by atoms with Crippen molar-refractivity contribution in [2.24, 2.45) is 0 Å². The molecule has 0 aliphatic carbocycles. The standard InChI is InChI=1S/C14H21NO3/c1-5-12(16)11-8-6-7-9-13(11)18-10(2)14(17)15(3)4/h6-10,12,16H,5H2,1-4H3/t10?,12-/m0/s1. The van der Waals surface area contributed by atoms with Gasteiger partial charge in [-0.05, 0) is 19.4 Å². The Morgan fingerprint density at radius 3 is 2.56 bits per heavy atom. The highest BCUT2D eigenvalue weighted by atomic mass is 16.5. The molecule has 1 N–H and O–H groups in total. The fourth-order valence-corrected chi connectivity index (χ4v) is 1.69. The zero-order valence-electron chi connectivity index (χ0n) is 11.4. The van der Waals surface area contributed by atoms with Gasteiger partial charge in [0.25, 0.3) is 5.91 Å². The Kier molecular flexibility index (Phi) is 5.16. The first kappa shape index (κ1) is 14.5. The Hall–Kier alpha value is -1.55. The summed E-state index contributed by atoms with van der Waals surface area (Å²) in [5.41, 5.74) is 0.721. The molecule has 0 fully saturated rings. The second-order valence-electron chi connectivity index (χ2n) is 4.45. The molecule has 0 aliphatic rings. The molecular weight excluding hydrogens is 230 g/mol. The Labute approximate surface area is 108 Å². The van der Waals surface area contributed by atoms with Gasteiger partial charge in [0.1, 0.15) is 5.75 Å². The fourth-order valence-electron chi connectivity index (χ4n) is 1.69. The highest BCUT2D eigenvalue weighted by molar-refractivity contribution is 5.80. The van der Waals surface area contributed by atoms with Crippen LogP contribution < -0.4 is 4.74 Å². The van der Waals surface area contributed by atoms with E-state index in [0.29, 0.717) is 12.2 Å². The molecule has 0 bridgehead atoms. The number of para-hydroxylation sites is 1. The number of likely N-dealkylation sites (N-methyl/N-ethyl adjacent to an activating group) is 1. The number of carbonyl (C=O) groups is 1. The lowest BCUT2D eigenvalue weighted by atomic mass is 10.1. The molecule has 0 saturated heterocycles. The molecule has 1 aromatic carbocycles. The molecule has 100 valence electrons. The van der Waals surface area contributed by atoms with Crippen molar-refractivity contribution in [3.8, 4) is 5.75 Å². The van der Waals surface area contributed by atoms with Gasteiger partial charge in [0.15, 0.2) is 6.10 Å². The number of rotatable bonds is 5. The summed E-state index contributed by atoms with van der Waals surface area (Å²) in [5.74, 6) is 0.463. The number of aliphatic hydroxyl groups is 1. The van der Waals surface area contributed by atoms with Crippen molar-refractivity contribution < 1.29 is 14.6 Å². The Morgan fingerprint density at radius 2 is 2.00 bits per heavy atom. The molecule has 4 nitrogen and oxygen atoms in total. The van der Waals surface area contributed by atoms with Gasteiger partial charge in [-0.1, -0.05) is 25.1 Å². The monoisotopic (exact) mass is 251 g/mol. The summed E-state index contributed by atoms with van der Waals surface area (Å²) in [6.45, 7) is 3.60. The van der Waals surface area contributed by atoms with Gasteiger partial charge in [0.05, 0.1) is 6.10 Å². The van der Waals surface area contributed by atoms with Gasteiger partial charge in [-0.2, -0.15) is 0 Å². The van der Waals surface area contributed by atoms with Gasteiger partial charge in [-0.3, -0.25) is 4.79 Å². The Bertz CT molecular complexity index is 404. The van der Waals surface area contributed by atoms with E-state index in [-0.39, 0.29) is 5.91 Å². The summed E-state index contributed by atoms with van der Waals surface area (Å²) < 4.78 is 5.64. The maximum absolute atomic E-state index is 11.7. The van der Waals surface area contributed by atoms with E-state index in [1.54, 1.807) is 27.1 Å². The fraction of sp³-hybridized carbons (Fsp3) is 0.500. The van der Waals surface area contributed by atoms with E-state index in [4.69, 9.17) is 4.74 Å². The first-order valence-corrected chi connectivity index (χ1v) is 6.12. The van der Waals surface area contributed by atoms with Crippen LogP contribution in [0, 0.1) is 0 Å². The lowest BCUT2D eigenvalue weighted by molar-refractivity contribution is -0.135. The minimum absolute atomic E-state index is 0.101. The molecule has 0 heterocycles. The molecule has 1 aromatic rings. The molecule has 1 rings (SSSR count). The van der Waals surface area contributed by atoms with Crippen molar-refractivity contribution in [1.29, 1.82) is 0 Å². The molecule has 0 aliphatic heterocycles. The third-order valence-electron chi connectivity index (χ3n) is 2.76. The normalized spacial score (nSPS) is 13.8. The Morgan fingerprint density at radius 1 is 1.39 bits per heavy atom. The van der Waals surface area contributed by atoms with E-state index < -0.39 is 12.2 Å². The third kappa shape index (κ3) is 3.47. The van der Waals surface area contributed by atoms with Gasteiger partial charge < -0.3 is 14.7 Å². The van der Waals surface area contributed by atoms with Gasteiger partial charge >= 0.3 is 0 Å². The number of hydrogen-bond acceptors (Lipinski definition) is 3. The summed E-state index contributed by atoms with van der Waals surface area (Å²) in [5, 5.41) is 9.90. The molecule has 0 spiro atoms. The molecule has 18 heavy (non-hydrogen) atoms. The summed E-state index contributed by atoms with van der Waals surface area (Å²) in [6.07, 6.45) is -0.524. The average Bonchev–Trinajstić information content (AvgIpc) is 2.37. The quantitative estimate of drug-likeness (QED) is 0.870. The van der Waals surface area contributed by atoms with Crippen LogP contribution in [0.25, 0.3) is 0 Å². The molecule has 0 saturated carbocycles. The number of hydrogen-bond donors (Lipinski definition) is 1. The zero-order chi connectivity index (χ0) is 13.7. The second kappa shape index (κ2) is 6.40. The number of benzene rings is 1. The maximum Gasteiger partial charge on any atom is 0.262 e. The molecule has 0 radical (unpaired) electrons. The number of aliphatic hydroxyl groups excluding tert-OH is 1.